The first-order valence-corrected chi connectivity index (χ1v) is 5.08. The van der Waals surface area contributed by atoms with Crippen LogP contribution in [0.1, 0.15) is 52.4 Å². The Labute approximate surface area is 75.9 Å². The Bertz CT molecular complexity index is 73.9. The van der Waals surface area contributed by atoms with Crippen molar-refractivity contribution in [1.82, 2.24) is 0 Å². The molecule has 0 amide bonds. The van der Waals surface area contributed by atoms with Crippen LogP contribution in [0, 0.1) is 0 Å². The van der Waals surface area contributed by atoms with E-state index < -0.39 is 6.29 Å². The number of ether oxygens (including phenoxy) is 1. The SMILES string of the molecule is CCCCCC([O])OCCCC. The second-order valence-corrected chi connectivity index (χ2v) is 3.15. The predicted octanol–water partition coefficient (Wildman–Crippen LogP) is 3.14. The van der Waals surface area contributed by atoms with Crippen molar-refractivity contribution in [3.05, 3.63) is 0 Å². The van der Waals surface area contributed by atoms with E-state index in [1.54, 1.807) is 0 Å². The lowest BCUT2D eigenvalue weighted by molar-refractivity contribution is -0.144. The van der Waals surface area contributed by atoms with Crippen molar-refractivity contribution in [2.75, 3.05) is 6.61 Å². The van der Waals surface area contributed by atoms with Crippen LogP contribution in [0.4, 0.5) is 0 Å². The zero-order chi connectivity index (χ0) is 9.23. The summed E-state index contributed by atoms with van der Waals surface area (Å²) in [6.07, 6.45) is 5.34. The van der Waals surface area contributed by atoms with Crippen molar-refractivity contribution in [3.8, 4) is 0 Å². The Hall–Kier alpha value is -0.0800. The lowest BCUT2D eigenvalue weighted by Crippen LogP contribution is -2.10. The first kappa shape index (κ1) is 11.9. The van der Waals surface area contributed by atoms with Crippen LogP contribution in [-0.4, -0.2) is 12.9 Å². The van der Waals surface area contributed by atoms with E-state index in [-0.39, 0.29) is 0 Å². The molecule has 0 saturated heterocycles. The minimum absolute atomic E-state index is 0.636. The van der Waals surface area contributed by atoms with Gasteiger partial charge in [0, 0.05) is 13.0 Å². The van der Waals surface area contributed by atoms with Crippen LogP contribution in [0.15, 0.2) is 0 Å². The molecule has 0 rings (SSSR count). The summed E-state index contributed by atoms with van der Waals surface area (Å²) in [4.78, 5) is 0. The predicted molar refractivity (Wildman–Crippen MR) is 49.5 cm³/mol. The summed E-state index contributed by atoms with van der Waals surface area (Å²) in [7, 11) is 0. The fourth-order valence-electron chi connectivity index (χ4n) is 1.00. The van der Waals surface area contributed by atoms with Gasteiger partial charge in [0.2, 0.25) is 0 Å². The zero-order valence-electron chi connectivity index (χ0n) is 8.34. The van der Waals surface area contributed by atoms with Crippen molar-refractivity contribution < 1.29 is 9.84 Å². The molecule has 1 unspecified atom stereocenters. The Morgan fingerprint density at radius 2 is 1.75 bits per heavy atom. The van der Waals surface area contributed by atoms with Gasteiger partial charge in [-0.2, -0.15) is 0 Å². The van der Waals surface area contributed by atoms with Crippen LogP contribution in [0.2, 0.25) is 0 Å². The normalized spacial score (nSPS) is 13.2. The van der Waals surface area contributed by atoms with Gasteiger partial charge in [-0.25, -0.2) is 5.11 Å². The van der Waals surface area contributed by atoms with Crippen molar-refractivity contribution in [2.45, 2.75) is 58.7 Å². The van der Waals surface area contributed by atoms with Crippen molar-refractivity contribution in [2.24, 2.45) is 0 Å². The van der Waals surface area contributed by atoms with Gasteiger partial charge in [-0.1, -0.05) is 33.1 Å². The van der Waals surface area contributed by atoms with Crippen molar-refractivity contribution in [1.29, 1.82) is 0 Å². The highest BCUT2D eigenvalue weighted by Gasteiger charge is 2.03. The summed E-state index contributed by atoms with van der Waals surface area (Å²) in [5.41, 5.74) is 0. The summed E-state index contributed by atoms with van der Waals surface area (Å²) in [5.74, 6) is 0. The lowest BCUT2D eigenvalue weighted by Gasteiger charge is -2.08. The fraction of sp³-hybridized carbons (Fsp3) is 1.00. The smallest absolute Gasteiger partial charge is 0.191 e. The van der Waals surface area contributed by atoms with Crippen LogP contribution in [0.25, 0.3) is 0 Å². The monoisotopic (exact) mass is 173 g/mol. The quantitative estimate of drug-likeness (QED) is 0.409. The van der Waals surface area contributed by atoms with Gasteiger partial charge in [-0.05, 0) is 12.8 Å². The molecule has 0 aromatic carbocycles. The molecule has 0 fully saturated rings. The summed E-state index contributed by atoms with van der Waals surface area (Å²) in [6, 6.07) is 0. The van der Waals surface area contributed by atoms with Gasteiger partial charge in [0.25, 0.3) is 0 Å². The third kappa shape index (κ3) is 8.02. The van der Waals surface area contributed by atoms with E-state index in [0.717, 1.165) is 25.7 Å². The first-order chi connectivity index (χ1) is 5.81. The Morgan fingerprint density at radius 1 is 1.08 bits per heavy atom. The third-order valence-electron chi connectivity index (χ3n) is 1.85. The minimum Gasteiger partial charge on any atom is -0.350 e. The van der Waals surface area contributed by atoms with Crippen LogP contribution in [-0.2, 0) is 9.84 Å². The minimum atomic E-state index is -0.775. The van der Waals surface area contributed by atoms with E-state index in [2.05, 4.69) is 13.8 Å². The number of rotatable bonds is 8. The molecule has 2 nitrogen and oxygen atoms in total. The summed E-state index contributed by atoms with van der Waals surface area (Å²) in [5, 5.41) is 11.1. The summed E-state index contributed by atoms with van der Waals surface area (Å²) >= 11 is 0. The van der Waals surface area contributed by atoms with Gasteiger partial charge >= 0.3 is 0 Å². The standard InChI is InChI=1S/C10H21O2/c1-3-5-7-8-10(11)12-9-6-4-2/h10H,3-9H2,1-2H3. The number of hydrogen-bond donors (Lipinski definition) is 0. The maximum Gasteiger partial charge on any atom is 0.191 e. The molecule has 0 aliphatic heterocycles. The fourth-order valence-corrected chi connectivity index (χ4v) is 1.00. The molecule has 0 saturated carbocycles. The number of hydrogen-bond acceptors (Lipinski definition) is 1. The highest BCUT2D eigenvalue weighted by atomic mass is 16.6. The molecular weight excluding hydrogens is 152 g/mol. The maximum absolute atomic E-state index is 11.1. The second kappa shape index (κ2) is 9.01. The van der Waals surface area contributed by atoms with Crippen molar-refractivity contribution >= 4 is 0 Å². The molecule has 1 atom stereocenters. The van der Waals surface area contributed by atoms with Gasteiger partial charge in [-0.15, -0.1) is 0 Å². The molecule has 0 aromatic heterocycles. The molecule has 0 aromatic rings. The first-order valence-electron chi connectivity index (χ1n) is 5.08. The summed E-state index contributed by atoms with van der Waals surface area (Å²) in [6.45, 7) is 4.87. The molecule has 0 spiro atoms. The van der Waals surface area contributed by atoms with Gasteiger partial charge in [0.05, 0.1) is 0 Å². The van der Waals surface area contributed by atoms with Crippen LogP contribution in [0.3, 0.4) is 0 Å². The van der Waals surface area contributed by atoms with E-state index in [0.29, 0.717) is 13.0 Å². The molecular formula is C10H21O2. The second-order valence-electron chi connectivity index (χ2n) is 3.15. The van der Waals surface area contributed by atoms with E-state index in [9.17, 15) is 5.11 Å². The molecule has 2 heteroatoms. The zero-order valence-corrected chi connectivity index (χ0v) is 8.34. The van der Waals surface area contributed by atoms with E-state index in [4.69, 9.17) is 4.74 Å². The Balaban J connectivity index is 3.04. The molecule has 0 aliphatic carbocycles. The topological polar surface area (TPSA) is 29.1 Å². The molecule has 12 heavy (non-hydrogen) atoms. The van der Waals surface area contributed by atoms with Crippen LogP contribution >= 0.6 is 0 Å². The molecule has 0 N–H and O–H groups in total. The average Bonchev–Trinajstić information content (AvgIpc) is 2.06. The van der Waals surface area contributed by atoms with Gasteiger partial charge in [-0.3, -0.25) is 0 Å². The molecule has 73 valence electrons. The van der Waals surface area contributed by atoms with E-state index in [1.165, 1.54) is 6.42 Å². The largest absolute Gasteiger partial charge is 0.350 e. The van der Waals surface area contributed by atoms with Crippen molar-refractivity contribution in [3.63, 3.8) is 0 Å². The number of unbranched alkanes of at least 4 members (excludes halogenated alkanes) is 3. The summed E-state index contributed by atoms with van der Waals surface area (Å²) < 4.78 is 5.07. The lowest BCUT2D eigenvalue weighted by atomic mass is 10.2. The van der Waals surface area contributed by atoms with Crippen LogP contribution in [0.5, 0.6) is 0 Å². The average molecular weight is 173 g/mol. The van der Waals surface area contributed by atoms with E-state index >= 15 is 0 Å². The molecule has 0 heterocycles. The Kier molecular flexibility index (Phi) is 8.95. The van der Waals surface area contributed by atoms with E-state index in [1.807, 2.05) is 0 Å². The Morgan fingerprint density at radius 3 is 2.33 bits per heavy atom. The molecule has 0 aliphatic rings. The highest BCUT2D eigenvalue weighted by Crippen LogP contribution is 2.05. The highest BCUT2D eigenvalue weighted by molar-refractivity contribution is 4.44. The molecule has 1 radical (unpaired) electrons. The molecule has 0 bridgehead atoms. The van der Waals surface area contributed by atoms with Gasteiger partial charge in [0.1, 0.15) is 0 Å². The maximum atomic E-state index is 11.1. The third-order valence-corrected chi connectivity index (χ3v) is 1.85. The van der Waals surface area contributed by atoms with Crippen LogP contribution < -0.4 is 0 Å². The van der Waals surface area contributed by atoms with Gasteiger partial charge < -0.3 is 4.74 Å². The van der Waals surface area contributed by atoms with Gasteiger partial charge in [0.15, 0.2) is 6.29 Å².